The fourth-order valence-electron chi connectivity index (χ4n) is 1.71. The summed E-state index contributed by atoms with van der Waals surface area (Å²) in [5.41, 5.74) is 0. The molecule has 1 atom stereocenters. The van der Waals surface area contributed by atoms with Gasteiger partial charge in [-0.05, 0) is 43.6 Å². The van der Waals surface area contributed by atoms with Crippen molar-refractivity contribution < 1.29 is 9.90 Å². The lowest BCUT2D eigenvalue weighted by Crippen LogP contribution is -2.29. The average Bonchev–Trinajstić information content (AvgIpc) is 2.18. The molecule has 0 bridgehead atoms. The number of rotatable bonds is 5. The molecule has 3 nitrogen and oxygen atoms in total. The van der Waals surface area contributed by atoms with E-state index in [0.29, 0.717) is 25.3 Å². The number of carbonyl (C=O) groups is 1. The Morgan fingerprint density at radius 3 is 2.80 bits per heavy atom. The van der Waals surface area contributed by atoms with E-state index in [1.54, 1.807) is 6.92 Å². The number of carbonyl (C=O) groups excluding carboxylic acids is 1. The fourth-order valence-corrected chi connectivity index (χ4v) is 2.91. The zero-order valence-corrected chi connectivity index (χ0v) is 10.2. The Hall–Kier alpha value is -0.220. The van der Waals surface area contributed by atoms with Crippen LogP contribution < -0.4 is 5.32 Å². The van der Waals surface area contributed by atoms with Crippen LogP contribution in [0.15, 0.2) is 0 Å². The molecule has 0 aromatic carbocycles. The Kier molecular flexibility index (Phi) is 6.10. The summed E-state index contributed by atoms with van der Waals surface area (Å²) in [4.78, 5) is 11.5. The second-order valence-electron chi connectivity index (χ2n) is 4.25. The normalized spacial score (nSPS) is 19.9. The Balaban J connectivity index is 2.06. The molecule has 15 heavy (non-hydrogen) atoms. The van der Waals surface area contributed by atoms with Gasteiger partial charge in [-0.15, -0.1) is 0 Å². The van der Waals surface area contributed by atoms with E-state index in [0.717, 1.165) is 0 Å². The van der Waals surface area contributed by atoms with Crippen molar-refractivity contribution >= 4 is 17.7 Å². The molecule has 0 aromatic rings. The molecule has 1 rings (SSSR count). The first-order chi connectivity index (χ1) is 7.18. The first-order valence-corrected chi connectivity index (χ1v) is 6.86. The van der Waals surface area contributed by atoms with Gasteiger partial charge in [-0.1, -0.05) is 0 Å². The van der Waals surface area contributed by atoms with Crippen LogP contribution in [0.2, 0.25) is 0 Å². The highest BCUT2D eigenvalue weighted by Gasteiger charge is 2.16. The van der Waals surface area contributed by atoms with Crippen molar-refractivity contribution in [3.63, 3.8) is 0 Å². The summed E-state index contributed by atoms with van der Waals surface area (Å²) in [7, 11) is 0. The van der Waals surface area contributed by atoms with Gasteiger partial charge < -0.3 is 10.4 Å². The Morgan fingerprint density at radius 2 is 2.20 bits per heavy atom. The summed E-state index contributed by atoms with van der Waals surface area (Å²) in [5, 5.41) is 11.9. The van der Waals surface area contributed by atoms with Crippen LogP contribution in [0.25, 0.3) is 0 Å². The topological polar surface area (TPSA) is 49.3 Å². The van der Waals surface area contributed by atoms with Crippen molar-refractivity contribution in [2.24, 2.45) is 5.92 Å². The van der Waals surface area contributed by atoms with E-state index in [1.807, 2.05) is 11.8 Å². The highest BCUT2D eigenvalue weighted by Crippen LogP contribution is 2.24. The predicted molar refractivity (Wildman–Crippen MR) is 64.0 cm³/mol. The second kappa shape index (κ2) is 7.12. The summed E-state index contributed by atoms with van der Waals surface area (Å²) in [6, 6.07) is 0. The molecule has 2 N–H and O–H groups in total. The van der Waals surface area contributed by atoms with Crippen LogP contribution in [0.5, 0.6) is 0 Å². The first kappa shape index (κ1) is 12.8. The zero-order valence-electron chi connectivity index (χ0n) is 9.37. The molecule has 1 amide bonds. The monoisotopic (exact) mass is 231 g/mol. The molecule has 1 unspecified atom stereocenters. The van der Waals surface area contributed by atoms with Gasteiger partial charge in [0.2, 0.25) is 5.91 Å². The minimum absolute atomic E-state index is 0.146. The molecule has 0 aliphatic carbocycles. The Labute approximate surface area is 96.0 Å². The smallest absolute Gasteiger partial charge is 0.220 e. The molecule has 0 spiro atoms. The maximum Gasteiger partial charge on any atom is 0.220 e. The van der Waals surface area contributed by atoms with Gasteiger partial charge in [0.05, 0.1) is 6.10 Å². The predicted octanol–water partition coefficient (Wildman–Crippen LogP) is 1.41. The molecule has 0 radical (unpaired) electrons. The molecule has 0 saturated carbocycles. The van der Waals surface area contributed by atoms with Crippen molar-refractivity contribution in [1.29, 1.82) is 0 Å². The van der Waals surface area contributed by atoms with E-state index in [4.69, 9.17) is 5.11 Å². The van der Waals surface area contributed by atoms with Crippen molar-refractivity contribution in [2.75, 3.05) is 18.1 Å². The minimum Gasteiger partial charge on any atom is -0.393 e. The standard InChI is InChI=1S/C11H21NO2S/c1-9(13)2-5-12-11(14)8-10-3-6-15-7-4-10/h9-10,13H,2-8H2,1H3,(H,12,14). The third-order valence-electron chi connectivity index (χ3n) is 2.70. The summed E-state index contributed by atoms with van der Waals surface area (Å²) < 4.78 is 0. The molecule has 1 heterocycles. The lowest BCUT2D eigenvalue weighted by molar-refractivity contribution is -0.122. The Morgan fingerprint density at radius 1 is 1.53 bits per heavy atom. The van der Waals surface area contributed by atoms with Crippen molar-refractivity contribution in [3.05, 3.63) is 0 Å². The third kappa shape index (κ3) is 6.05. The molecular formula is C11H21NO2S. The van der Waals surface area contributed by atoms with Crippen LogP contribution in [0, 0.1) is 5.92 Å². The van der Waals surface area contributed by atoms with Crippen LogP contribution in [-0.4, -0.2) is 35.2 Å². The maximum atomic E-state index is 11.5. The molecule has 0 aromatic heterocycles. The van der Waals surface area contributed by atoms with Crippen LogP contribution in [0.4, 0.5) is 0 Å². The maximum absolute atomic E-state index is 11.5. The number of aliphatic hydroxyl groups is 1. The zero-order chi connectivity index (χ0) is 11.1. The summed E-state index contributed by atoms with van der Waals surface area (Å²) in [6.07, 6.45) is 3.34. The molecule has 1 aliphatic heterocycles. The summed E-state index contributed by atoms with van der Waals surface area (Å²) >= 11 is 1.98. The quantitative estimate of drug-likeness (QED) is 0.752. The van der Waals surface area contributed by atoms with E-state index in [9.17, 15) is 4.79 Å². The largest absolute Gasteiger partial charge is 0.393 e. The van der Waals surface area contributed by atoms with Gasteiger partial charge in [0.25, 0.3) is 0 Å². The molecule has 88 valence electrons. The van der Waals surface area contributed by atoms with Gasteiger partial charge in [0.15, 0.2) is 0 Å². The van der Waals surface area contributed by atoms with E-state index in [2.05, 4.69) is 5.32 Å². The molecule has 4 heteroatoms. The average molecular weight is 231 g/mol. The number of amides is 1. The number of thioether (sulfide) groups is 1. The fraction of sp³-hybridized carbons (Fsp3) is 0.909. The van der Waals surface area contributed by atoms with Gasteiger partial charge >= 0.3 is 0 Å². The van der Waals surface area contributed by atoms with E-state index in [1.165, 1.54) is 24.3 Å². The first-order valence-electron chi connectivity index (χ1n) is 5.71. The summed E-state index contributed by atoms with van der Waals surface area (Å²) in [6.45, 7) is 2.34. The van der Waals surface area contributed by atoms with Crippen LogP contribution in [-0.2, 0) is 4.79 Å². The highest BCUT2D eigenvalue weighted by atomic mass is 32.2. The Bertz CT molecular complexity index is 191. The number of nitrogens with one attached hydrogen (secondary N) is 1. The minimum atomic E-state index is -0.323. The van der Waals surface area contributed by atoms with Crippen molar-refractivity contribution in [2.45, 2.75) is 38.7 Å². The highest BCUT2D eigenvalue weighted by molar-refractivity contribution is 7.99. The van der Waals surface area contributed by atoms with Crippen LogP contribution in [0.3, 0.4) is 0 Å². The summed E-state index contributed by atoms with van der Waals surface area (Å²) in [5.74, 6) is 3.13. The van der Waals surface area contributed by atoms with Gasteiger partial charge in [0, 0.05) is 13.0 Å². The van der Waals surface area contributed by atoms with Gasteiger partial charge in [-0.2, -0.15) is 11.8 Å². The van der Waals surface area contributed by atoms with Crippen LogP contribution >= 0.6 is 11.8 Å². The lowest BCUT2D eigenvalue weighted by Gasteiger charge is -2.20. The van der Waals surface area contributed by atoms with E-state index >= 15 is 0 Å². The van der Waals surface area contributed by atoms with Gasteiger partial charge in [-0.3, -0.25) is 4.79 Å². The number of hydrogen-bond acceptors (Lipinski definition) is 3. The second-order valence-corrected chi connectivity index (χ2v) is 5.47. The van der Waals surface area contributed by atoms with Gasteiger partial charge in [0.1, 0.15) is 0 Å². The molecule has 1 fully saturated rings. The molecule has 1 aliphatic rings. The van der Waals surface area contributed by atoms with Gasteiger partial charge in [-0.25, -0.2) is 0 Å². The lowest BCUT2D eigenvalue weighted by atomic mass is 9.98. The molecule has 1 saturated heterocycles. The van der Waals surface area contributed by atoms with Crippen LogP contribution in [0.1, 0.15) is 32.6 Å². The van der Waals surface area contributed by atoms with Crippen molar-refractivity contribution in [1.82, 2.24) is 5.32 Å². The van der Waals surface area contributed by atoms with E-state index < -0.39 is 0 Å². The number of aliphatic hydroxyl groups excluding tert-OH is 1. The number of hydrogen-bond donors (Lipinski definition) is 2. The third-order valence-corrected chi connectivity index (χ3v) is 3.75. The van der Waals surface area contributed by atoms with E-state index in [-0.39, 0.29) is 12.0 Å². The molecular weight excluding hydrogens is 210 g/mol. The SMILES string of the molecule is CC(O)CCNC(=O)CC1CCSCC1. The van der Waals surface area contributed by atoms with Crippen molar-refractivity contribution in [3.8, 4) is 0 Å².